The van der Waals surface area contributed by atoms with Crippen molar-refractivity contribution in [3.63, 3.8) is 0 Å². The predicted molar refractivity (Wildman–Crippen MR) is 71.5 cm³/mol. The van der Waals surface area contributed by atoms with Crippen LogP contribution in [0.4, 0.5) is 5.82 Å². The van der Waals surface area contributed by atoms with Crippen LogP contribution in [0.15, 0.2) is 40.8 Å². The third-order valence-corrected chi connectivity index (χ3v) is 2.81. The summed E-state index contributed by atoms with van der Waals surface area (Å²) in [6, 6.07) is 11.9. The lowest BCUT2D eigenvalue weighted by atomic mass is 10.1. The number of pyridine rings is 1. The van der Waals surface area contributed by atoms with Crippen LogP contribution < -0.4 is 5.32 Å². The van der Waals surface area contributed by atoms with Crippen molar-refractivity contribution >= 4 is 17.0 Å². The second-order valence-corrected chi connectivity index (χ2v) is 4.16. The monoisotopic (exact) mass is 239 g/mol. The van der Waals surface area contributed by atoms with Gasteiger partial charge < -0.3 is 9.73 Å². The first-order valence-corrected chi connectivity index (χ1v) is 5.78. The highest BCUT2D eigenvalue weighted by Crippen LogP contribution is 2.24. The zero-order valence-electron chi connectivity index (χ0n) is 10.3. The van der Waals surface area contributed by atoms with Gasteiger partial charge in [0.15, 0.2) is 0 Å². The Labute approximate surface area is 105 Å². The maximum Gasteiger partial charge on any atom is 0.249 e. The van der Waals surface area contributed by atoms with Gasteiger partial charge in [0, 0.05) is 12.6 Å². The van der Waals surface area contributed by atoms with Crippen LogP contribution in [-0.2, 0) is 0 Å². The number of hydrogen-bond donors (Lipinski definition) is 1. The van der Waals surface area contributed by atoms with Crippen LogP contribution in [0.1, 0.15) is 5.56 Å². The predicted octanol–water partition coefficient (Wildman–Crippen LogP) is 3.24. The van der Waals surface area contributed by atoms with Crippen molar-refractivity contribution in [2.75, 3.05) is 12.4 Å². The Morgan fingerprint density at radius 3 is 2.50 bits per heavy atom. The van der Waals surface area contributed by atoms with Crippen LogP contribution >= 0.6 is 0 Å². The number of oxazole rings is 1. The Bertz CT molecular complexity index is 686. The summed E-state index contributed by atoms with van der Waals surface area (Å²) in [6.45, 7) is 2.05. The molecule has 0 aliphatic carbocycles. The van der Waals surface area contributed by atoms with Gasteiger partial charge in [-0.25, -0.2) is 4.98 Å². The lowest BCUT2D eigenvalue weighted by Crippen LogP contribution is -1.90. The zero-order valence-corrected chi connectivity index (χ0v) is 10.3. The Hall–Kier alpha value is -2.36. The molecule has 3 rings (SSSR count). The lowest BCUT2D eigenvalue weighted by Gasteiger charge is -1.95. The van der Waals surface area contributed by atoms with Crippen molar-refractivity contribution in [3.8, 4) is 11.5 Å². The second-order valence-electron chi connectivity index (χ2n) is 4.16. The average Bonchev–Trinajstić information content (AvgIpc) is 2.82. The smallest absolute Gasteiger partial charge is 0.249 e. The molecule has 0 unspecified atom stereocenters. The Balaban J connectivity index is 2.10. The van der Waals surface area contributed by atoms with Crippen molar-refractivity contribution in [2.24, 2.45) is 0 Å². The number of fused-ring (bicyclic) bond motifs is 1. The topological polar surface area (TPSA) is 51.0 Å². The molecule has 1 aromatic carbocycles. The molecular formula is C14H13N3O. The highest BCUT2D eigenvalue weighted by Gasteiger charge is 2.09. The van der Waals surface area contributed by atoms with Crippen molar-refractivity contribution in [1.82, 2.24) is 9.97 Å². The first-order chi connectivity index (χ1) is 8.76. The van der Waals surface area contributed by atoms with E-state index in [9.17, 15) is 0 Å². The summed E-state index contributed by atoms with van der Waals surface area (Å²) in [5.74, 6) is 1.37. The largest absolute Gasteiger partial charge is 0.418 e. The number of hydrogen-bond acceptors (Lipinski definition) is 4. The molecule has 0 atom stereocenters. The number of anilines is 1. The molecule has 0 radical (unpaired) electrons. The summed E-state index contributed by atoms with van der Waals surface area (Å²) in [5, 5.41) is 2.98. The van der Waals surface area contributed by atoms with E-state index in [0.717, 1.165) is 16.9 Å². The van der Waals surface area contributed by atoms with Gasteiger partial charge in [0.05, 0.1) is 0 Å². The molecule has 90 valence electrons. The highest BCUT2D eigenvalue weighted by atomic mass is 16.4. The molecule has 0 aliphatic heterocycles. The van der Waals surface area contributed by atoms with Crippen LogP contribution in [0.3, 0.4) is 0 Å². The van der Waals surface area contributed by atoms with E-state index in [1.54, 1.807) is 0 Å². The third kappa shape index (κ3) is 1.82. The zero-order chi connectivity index (χ0) is 12.5. The molecule has 0 fully saturated rings. The normalized spacial score (nSPS) is 10.8. The first kappa shape index (κ1) is 10.8. The summed E-state index contributed by atoms with van der Waals surface area (Å²) < 4.78 is 5.67. The lowest BCUT2D eigenvalue weighted by molar-refractivity contribution is 0.608. The molecule has 0 spiro atoms. The molecule has 0 amide bonds. The second kappa shape index (κ2) is 4.14. The molecular weight excluding hydrogens is 226 g/mol. The standard InChI is InChI=1S/C14H13N3O/c1-9-3-5-10(6-4-9)13-16-11-7-8-12(15-2)17-14(11)18-13/h3-8H,1-2H3,(H,15,17). The maximum atomic E-state index is 5.67. The van der Waals surface area contributed by atoms with Crippen LogP contribution in [0.2, 0.25) is 0 Å². The van der Waals surface area contributed by atoms with Crippen molar-refractivity contribution in [1.29, 1.82) is 0 Å². The van der Waals surface area contributed by atoms with Gasteiger partial charge in [0.25, 0.3) is 0 Å². The van der Waals surface area contributed by atoms with Gasteiger partial charge in [-0.1, -0.05) is 17.7 Å². The summed E-state index contributed by atoms with van der Waals surface area (Å²) in [7, 11) is 1.82. The fraction of sp³-hybridized carbons (Fsp3) is 0.143. The van der Waals surface area contributed by atoms with E-state index >= 15 is 0 Å². The Morgan fingerprint density at radius 2 is 1.78 bits per heavy atom. The van der Waals surface area contributed by atoms with Crippen LogP contribution in [0, 0.1) is 6.92 Å². The first-order valence-electron chi connectivity index (χ1n) is 5.78. The Morgan fingerprint density at radius 1 is 1.00 bits per heavy atom. The van der Waals surface area contributed by atoms with E-state index in [2.05, 4.69) is 22.2 Å². The minimum absolute atomic E-state index is 0.553. The van der Waals surface area contributed by atoms with Crippen LogP contribution in [-0.4, -0.2) is 17.0 Å². The summed E-state index contributed by atoms with van der Waals surface area (Å²) in [4.78, 5) is 8.75. The van der Waals surface area contributed by atoms with Gasteiger partial charge in [0.2, 0.25) is 11.6 Å². The molecule has 2 aromatic heterocycles. The molecule has 4 nitrogen and oxygen atoms in total. The van der Waals surface area contributed by atoms with E-state index < -0.39 is 0 Å². The number of aryl methyl sites for hydroxylation is 1. The van der Waals surface area contributed by atoms with Crippen LogP contribution in [0.25, 0.3) is 22.7 Å². The van der Waals surface area contributed by atoms with E-state index in [-0.39, 0.29) is 0 Å². The van der Waals surface area contributed by atoms with Crippen molar-refractivity contribution in [2.45, 2.75) is 6.92 Å². The quantitative estimate of drug-likeness (QED) is 0.745. The maximum absolute atomic E-state index is 5.67. The van der Waals surface area contributed by atoms with Crippen molar-refractivity contribution < 1.29 is 4.42 Å². The molecule has 4 heteroatoms. The van der Waals surface area contributed by atoms with Gasteiger partial charge in [-0.3, -0.25) is 0 Å². The fourth-order valence-corrected chi connectivity index (χ4v) is 1.78. The molecule has 3 aromatic rings. The highest BCUT2D eigenvalue weighted by molar-refractivity contribution is 5.74. The van der Waals surface area contributed by atoms with Gasteiger partial charge in [-0.05, 0) is 31.2 Å². The molecule has 1 N–H and O–H groups in total. The molecule has 18 heavy (non-hydrogen) atoms. The SMILES string of the molecule is CNc1ccc2nc(-c3ccc(C)cc3)oc2n1. The number of benzene rings is 1. The van der Waals surface area contributed by atoms with E-state index in [1.165, 1.54) is 5.56 Å². The summed E-state index contributed by atoms with van der Waals surface area (Å²) >= 11 is 0. The number of nitrogens with zero attached hydrogens (tertiary/aromatic N) is 2. The summed E-state index contributed by atoms with van der Waals surface area (Å²) in [6.07, 6.45) is 0. The van der Waals surface area contributed by atoms with Crippen LogP contribution in [0.5, 0.6) is 0 Å². The van der Waals surface area contributed by atoms with E-state index in [1.807, 2.05) is 43.4 Å². The van der Waals surface area contributed by atoms with Gasteiger partial charge in [-0.15, -0.1) is 0 Å². The van der Waals surface area contributed by atoms with Gasteiger partial charge in [-0.2, -0.15) is 4.98 Å². The average molecular weight is 239 g/mol. The molecule has 0 saturated carbocycles. The van der Waals surface area contributed by atoms with Crippen molar-refractivity contribution in [3.05, 3.63) is 42.0 Å². The molecule has 0 bridgehead atoms. The number of nitrogens with one attached hydrogen (secondary N) is 1. The summed E-state index contributed by atoms with van der Waals surface area (Å²) in [5.41, 5.74) is 3.50. The van der Waals surface area contributed by atoms with Gasteiger partial charge >= 0.3 is 0 Å². The number of aromatic nitrogens is 2. The molecule has 0 saturated heterocycles. The van der Waals surface area contributed by atoms with E-state index in [4.69, 9.17) is 4.42 Å². The third-order valence-electron chi connectivity index (χ3n) is 2.81. The van der Waals surface area contributed by atoms with E-state index in [0.29, 0.717) is 11.6 Å². The Kier molecular flexibility index (Phi) is 2.48. The minimum Gasteiger partial charge on any atom is -0.418 e. The van der Waals surface area contributed by atoms with Gasteiger partial charge in [0.1, 0.15) is 11.3 Å². The molecule has 0 aliphatic rings. The number of rotatable bonds is 2. The minimum atomic E-state index is 0.553. The fourth-order valence-electron chi connectivity index (χ4n) is 1.78. The molecule has 2 heterocycles.